The van der Waals surface area contributed by atoms with Crippen molar-refractivity contribution in [3.63, 3.8) is 0 Å². The quantitative estimate of drug-likeness (QED) is 0.502. The van der Waals surface area contributed by atoms with E-state index in [4.69, 9.17) is 5.84 Å². The SMILES string of the molecule is NN=Cc1ccc(CC(=O)N2CCN(C(=O)N3CCCC3)CC2)cc1. The van der Waals surface area contributed by atoms with Gasteiger partial charge < -0.3 is 20.5 Å². The number of urea groups is 1. The topological polar surface area (TPSA) is 82.2 Å². The molecule has 1 aromatic carbocycles. The highest BCUT2D eigenvalue weighted by Gasteiger charge is 2.28. The van der Waals surface area contributed by atoms with Crippen LogP contribution >= 0.6 is 0 Å². The predicted octanol–water partition coefficient (Wildman–Crippen LogP) is 0.882. The molecule has 0 radical (unpaired) electrons. The van der Waals surface area contributed by atoms with Crippen LogP contribution < -0.4 is 5.84 Å². The molecule has 2 fully saturated rings. The standard InChI is InChI=1S/C18H25N5O2/c19-20-14-16-5-3-15(4-6-16)13-17(24)21-9-11-23(12-10-21)18(25)22-7-1-2-8-22/h3-6,14H,1-2,7-13,19H2. The van der Waals surface area contributed by atoms with Crippen molar-refractivity contribution in [2.45, 2.75) is 19.3 Å². The molecule has 25 heavy (non-hydrogen) atoms. The lowest BCUT2D eigenvalue weighted by Gasteiger charge is -2.36. The number of nitrogens with two attached hydrogens (primary N) is 1. The number of carbonyl (C=O) groups is 2. The zero-order chi connectivity index (χ0) is 17.6. The molecule has 0 atom stereocenters. The van der Waals surface area contributed by atoms with Crippen LogP contribution in [0.3, 0.4) is 0 Å². The van der Waals surface area contributed by atoms with Crippen LogP contribution in [0.2, 0.25) is 0 Å². The Morgan fingerprint density at radius 2 is 1.48 bits per heavy atom. The molecule has 0 unspecified atom stereocenters. The number of carbonyl (C=O) groups excluding carboxylic acids is 2. The van der Waals surface area contributed by atoms with E-state index in [1.165, 1.54) is 0 Å². The van der Waals surface area contributed by atoms with Crippen LogP contribution in [0.4, 0.5) is 4.79 Å². The number of hydrazone groups is 1. The van der Waals surface area contributed by atoms with Gasteiger partial charge in [-0.25, -0.2) is 4.79 Å². The van der Waals surface area contributed by atoms with E-state index in [-0.39, 0.29) is 11.9 Å². The number of amides is 3. The van der Waals surface area contributed by atoms with Gasteiger partial charge in [0.25, 0.3) is 0 Å². The van der Waals surface area contributed by atoms with E-state index in [0.717, 1.165) is 37.1 Å². The molecular weight excluding hydrogens is 318 g/mol. The highest BCUT2D eigenvalue weighted by atomic mass is 16.2. The van der Waals surface area contributed by atoms with Crippen molar-refractivity contribution in [2.75, 3.05) is 39.3 Å². The molecule has 1 aromatic rings. The molecule has 3 rings (SSSR count). The average molecular weight is 343 g/mol. The Balaban J connectivity index is 1.48. The summed E-state index contributed by atoms with van der Waals surface area (Å²) in [5.41, 5.74) is 1.88. The minimum atomic E-state index is 0.105. The van der Waals surface area contributed by atoms with E-state index in [2.05, 4.69) is 5.10 Å². The Labute approximate surface area is 148 Å². The van der Waals surface area contributed by atoms with Crippen molar-refractivity contribution in [1.82, 2.24) is 14.7 Å². The first-order valence-corrected chi connectivity index (χ1v) is 8.81. The summed E-state index contributed by atoms with van der Waals surface area (Å²) in [5, 5.41) is 3.48. The first-order valence-electron chi connectivity index (χ1n) is 8.81. The summed E-state index contributed by atoms with van der Waals surface area (Å²) in [7, 11) is 0. The highest BCUT2D eigenvalue weighted by Crippen LogP contribution is 2.13. The summed E-state index contributed by atoms with van der Waals surface area (Å²) in [6.07, 6.45) is 4.14. The van der Waals surface area contributed by atoms with Gasteiger partial charge in [0.15, 0.2) is 0 Å². The Hall–Kier alpha value is -2.57. The fourth-order valence-electron chi connectivity index (χ4n) is 3.35. The number of hydrogen-bond donors (Lipinski definition) is 1. The molecule has 7 heteroatoms. The summed E-state index contributed by atoms with van der Waals surface area (Å²) in [6, 6.07) is 7.75. The van der Waals surface area contributed by atoms with Gasteiger partial charge in [0.2, 0.25) is 5.91 Å². The third-order valence-electron chi connectivity index (χ3n) is 4.84. The van der Waals surface area contributed by atoms with Crippen LogP contribution in [-0.4, -0.2) is 72.1 Å². The molecular formula is C18H25N5O2. The van der Waals surface area contributed by atoms with Gasteiger partial charge in [-0.15, -0.1) is 0 Å². The Morgan fingerprint density at radius 3 is 2.08 bits per heavy atom. The van der Waals surface area contributed by atoms with Gasteiger partial charge in [0, 0.05) is 39.3 Å². The number of likely N-dealkylation sites (tertiary alicyclic amines) is 1. The highest BCUT2D eigenvalue weighted by molar-refractivity contribution is 5.81. The first kappa shape index (κ1) is 17.3. The maximum atomic E-state index is 12.5. The molecule has 134 valence electrons. The largest absolute Gasteiger partial charge is 0.339 e. The van der Waals surface area contributed by atoms with Gasteiger partial charge in [-0.3, -0.25) is 4.79 Å². The summed E-state index contributed by atoms with van der Waals surface area (Å²) >= 11 is 0. The fourth-order valence-corrected chi connectivity index (χ4v) is 3.35. The molecule has 2 N–H and O–H groups in total. The third kappa shape index (κ3) is 4.29. The number of hydrogen-bond acceptors (Lipinski definition) is 4. The smallest absolute Gasteiger partial charge is 0.320 e. The molecule has 2 heterocycles. The van der Waals surface area contributed by atoms with Gasteiger partial charge in [-0.2, -0.15) is 5.10 Å². The van der Waals surface area contributed by atoms with E-state index < -0.39 is 0 Å². The monoisotopic (exact) mass is 343 g/mol. The van der Waals surface area contributed by atoms with E-state index in [1.54, 1.807) is 6.21 Å². The van der Waals surface area contributed by atoms with Gasteiger partial charge >= 0.3 is 6.03 Å². The molecule has 0 aromatic heterocycles. The second kappa shape index (κ2) is 8.00. The molecule has 0 bridgehead atoms. The summed E-state index contributed by atoms with van der Waals surface area (Å²) in [4.78, 5) is 30.5. The average Bonchev–Trinajstić information content (AvgIpc) is 3.18. The van der Waals surface area contributed by atoms with Crippen molar-refractivity contribution < 1.29 is 9.59 Å². The Bertz CT molecular complexity index is 629. The van der Waals surface area contributed by atoms with Crippen molar-refractivity contribution in [3.05, 3.63) is 35.4 Å². The molecule has 0 aliphatic carbocycles. The zero-order valence-corrected chi connectivity index (χ0v) is 14.4. The van der Waals surface area contributed by atoms with Gasteiger partial charge in [-0.1, -0.05) is 24.3 Å². The number of benzene rings is 1. The number of piperazine rings is 1. The van der Waals surface area contributed by atoms with Crippen LogP contribution in [0.15, 0.2) is 29.4 Å². The minimum absolute atomic E-state index is 0.105. The molecule has 7 nitrogen and oxygen atoms in total. The predicted molar refractivity (Wildman–Crippen MR) is 96.3 cm³/mol. The van der Waals surface area contributed by atoms with E-state index in [9.17, 15) is 9.59 Å². The molecule has 0 saturated carbocycles. The molecule has 2 aliphatic heterocycles. The van der Waals surface area contributed by atoms with Gasteiger partial charge in [0.1, 0.15) is 0 Å². The van der Waals surface area contributed by atoms with E-state index >= 15 is 0 Å². The maximum Gasteiger partial charge on any atom is 0.320 e. The van der Waals surface area contributed by atoms with Crippen molar-refractivity contribution in [1.29, 1.82) is 0 Å². The molecule has 2 aliphatic rings. The lowest BCUT2D eigenvalue weighted by molar-refractivity contribution is -0.131. The van der Waals surface area contributed by atoms with E-state index in [1.807, 2.05) is 39.0 Å². The summed E-state index contributed by atoms with van der Waals surface area (Å²) in [5.74, 6) is 5.23. The second-order valence-electron chi connectivity index (χ2n) is 6.54. The lowest BCUT2D eigenvalue weighted by Crippen LogP contribution is -2.53. The van der Waals surface area contributed by atoms with Crippen LogP contribution in [0.25, 0.3) is 0 Å². The van der Waals surface area contributed by atoms with Crippen molar-refractivity contribution in [3.8, 4) is 0 Å². The third-order valence-corrected chi connectivity index (χ3v) is 4.84. The zero-order valence-electron chi connectivity index (χ0n) is 14.4. The Kier molecular flexibility index (Phi) is 5.53. The fraction of sp³-hybridized carbons (Fsp3) is 0.500. The first-order chi connectivity index (χ1) is 12.2. The molecule has 2 saturated heterocycles. The van der Waals surface area contributed by atoms with Crippen LogP contribution in [0.1, 0.15) is 24.0 Å². The number of rotatable bonds is 3. The van der Waals surface area contributed by atoms with Crippen LogP contribution in [-0.2, 0) is 11.2 Å². The summed E-state index contributed by atoms with van der Waals surface area (Å²) < 4.78 is 0. The van der Waals surface area contributed by atoms with Crippen molar-refractivity contribution >= 4 is 18.2 Å². The van der Waals surface area contributed by atoms with Crippen LogP contribution in [0.5, 0.6) is 0 Å². The Morgan fingerprint density at radius 1 is 0.920 bits per heavy atom. The van der Waals surface area contributed by atoms with Crippen LogP contribution in [0, 0.1) is 0 Å². The van der Waals surface area contributed by atoms with Crippen molar-refractivity contribution in [2.24, 2.45) is 10.9 Å². The number of nitrogens with zero attached hydrogens (tertiary/aromatic N) is 4. The lowest BCUT2D eigenvalue weighted by atomic mass is 10.1. The second-order valence-corrected chi connectivity index (χ2v) is 6.54. The van der Waals surface area contributed by atoms with Gasteiger partial charge in [-0.05, 0) is 24.0 Å². The van der Waals surface area contributed by atoms with E-state index in [0.29, 0.717) is 32.6 Å². The van der Waals surface area contributed by atoms with Gasteiger partial charge in [0.05, 0.1) is 12.6 Å². The summed E-state index contributed by atoms with van der Waals surface area (Å²) in [6.45, 7) is 4.18. The normalized spacial score (nSPS) is 18.2. The molecule has 3 amide bonds. The minimum Gasteiger partial charge on any atom is -0.339 e. The maximum absolute atomic E-state index is 12.5. The molecule has 0 spiro atoms.